The number of para-hydroxylation sites is 1. The molecular weight excluding hydrogens is 212 g/mol. The fourth-order valence-corrected chi connectivity index (χ4v) is 2.20. The van der Waals surface area contributed by atoms with Crippen LogP contribution in [0.2, 0.25) is 0 Å². The minimum absolute atomic E-state index is 0.378. The number of fused-ring (bicyclic) bond motifs is 3. The second-order valence-electron chi connectivity index (χ2n) is 4.79. The standard InChI is InChI=1S/C14H14N2O/c1-9-15-8-11-13(16-9)10-6-4-5-7-12(10)17-14(11,2)3/h4-8H,1-3H3. The largest absolute Gasteiger partial charge is 0.482 e. The van der Waals surface area contributed by atoms with Crippen LogP contribution in [-0.2, 0) is 5.60 Å². The SMILES string of the molecule is Cc1ncc2c(n1)-c1ccccc1OC2(C)C. The first-order valence-corrected chi connectivity index (χ1v) is 5.70. The van der Waals surface area contributed by atoms with Crippen molar-refractivity contribution in [3.8, 4) is 17.0 Å². The van der Waals surface area contributed by atoms with Gasteiger partial charge in [-0.05, 0) is 32.9 Å². The predicted octanol–water partition coefficient (Wildman–Crippen LogP) is 3.08. The van der Waals surface area contributed by atoms with Crippen LogP contribution < -0.4 is 4.74 Å². The highest BCUT2D eigenvalue weighted by molar-refractivity contribution is 5.72. The molecule has 0 saturated carbocycles. The normalized spacial score (nSPS) is 15.7. The molecule has 2 aromatic rings. The molecule has 1 aromatic heterocycles. The van der Waals surface area contributed by atoms with Gasteiger partial charge >= 0.3 is 0 Å². The molecule has 17 heavy (non-hydrogen) atoms. The van der Waals surface area contributed by atoms with Crippen LogP contribution in [0.1, 0.15) is 25.2 Å². The zero-order valence-electron chi connectivity index (χ0n) is 10.2. The van der Waals surface area contributed by atoms with Gasteiger partial charge in [-0.3, -0.25) is 0 Å². The number of aryl methyl sites for hydroxylation is 1. The minimum Gasteiger partial charge on any atom is -0.482 e. The molecule has 0 atom stereocenters. The molecule has 1 aromatic carbocycles. The van der Waals surface area contributed by atoms with E-state index in [2.05, 4.69) is 9.97 Å². The Bertz CT molecular complexity index is 591. The molecule has 0 spiro atoms. The maximum atomic E-state index is 6.01. The van der Waals surface area contributed by atoms with Crippen molar-refractivity contribution < 1.29 is 4.74 Å². The van der Waals surface area contributed by atoms with E-state index in [0.717, 1.165) is 28.4 Å². The lowest BCUT2D eigenvalue weighted by Crippen LogP contribution is -2.30. The quantitative estimate of drug-likeness (QED) is 0.692. The van der Waals surface area contributed by atoms with Crippen LogP contribution in [0.15, 0.2) is 30.5 Å². The summed E-state index contributed by atoms with van der Waals surface area (Å²) in [6.07, 6.45) is 1.87. The van der Waals surface area contributed by atoms with E-state index in [9.17, 15) is 0 Å². The number of hydrogen-bond donors (Lipinski definition) is 0. The van der Waals surface area contributed by atoms with Gasteiger partial charge in [0.1, 0.15) is 17.2 Å². The summed E-state index contributed by atoms with van der Waals surface area (Å²) in [5, 5.41) is 0. The predicted molar refractivity (Wildman–Crippen MR) is 65.9 cm³/mol. The summed E-state index contributed by atoms with van der Waals surface area (Å²) in [6.45, 7) is 5.99. The topological polar surface area (TPSA) is 35.0 Å². The van der Waals surface area contributed by atoms with E-state index in [4.69, 9.17) is 4.74 Å². The average Bonchev–Trinajstić information content (AvgIpc) is 2.28. The lowest BCUT2D eigenvalue weighted by atomic mass is 9.91. The van der Waals surface area contributed by atoms with Gasteiger partial charge in [-0.25, -0.2) is 9.97 Å². The van der Waals surface area contributed by atoms with Crippen LogP contribution in [0.5, 0.6) is 5.75 Å². The molecule has 0 bridgehead atoms. The Morgan fingerprint density at radius 2 is 1.94 bits per heavy atom. The summed E-state index contributed by atoms with van der Waals surface area (Å²) >= 11 is 0. The van der Waals surface area contributed by atoms with Crippen molar-refractivity contribution in [2.75, 3.05) is 0 Å². The van der Waals surface area contributed by atoms with Crippen LogP contribution in [0, 0.1) is 6.92 Å². The van der Waals surface area contributed by atoms with Gasteiger partial charge in [0.2, 0.25) is 0 Å². The van der Waals surface area contributed by atoms with Crippen molar-refractivity contribution in [3.05, 3.63) is 41.9 Å². The van der Waals surface area contributed by atoms with Crippen LogP contribution in [0.25, 0.3) is 11.3 Å². The Hall–Kier alpha value is -1.90. The summed E-state index contributed by atoms with van der Waals surface area (Å²) in [6, 6.07) is 8.00. The third-order valence-electron chi connectivity index (χ3n) is 3.07. The monoisotopic (exact) mass is 226 g/mol. The average molecular weight is 226 g/mol. The number of rotatable bonds is 0. The maximum Gasteiger partial charge on any atom is 0.132 e. The third kappa shape index (κ3) is 1.50. The van der Waals surface area contributed by atoms with Crippen LogP contribution in [0.4, 0.5) is 0 Å². The molecule has 0 N–H and O–H groups in total. The van der Waals surface area contributed by atoms with Gasteiger partial charge in [0.25, 0.3) is 0 Å². The molecule has 1 aliphatic rings. The highest BCUT2D eigenvalue weighted by Crippen LogP contribution is 2.43. The molecule has 3 heteroatoms. The van der Waals surface area contributed by atoms with Gasteiger partial charge in [-0.2, -0.15) is 0 Å². The molecular formula is C14H14N2O. The molecule has 0 radical (unpaired) electrons. The fourth-order valence-electron chi connectivity index (χ4n) is 2.20. The van der Waals surface area contributed by atoms with Crippen LogP contribution >= 0.6 is 0 Å². The first-order chi connectivity index (χ1) is 8.08. The zero-order chi connectivity index (χ0) is 12.0. The lowest BCUT2D eigenvalue weighted by molar-refractivity contribution is 0.104. The number of aromatic nitrogens is 2. The van der Waals surface area contributed by atoms with Gasteiger partial charge < -0.3 is 4.74 Å². The van der Waals surface area contributed by atoms with E-state index >= 15 is 0 Å². The number of nitrogens with zero attached hydrogens (tertiary/aromatic N) is 2. The molecule has 0 saturated heterocycles. The first-order valence-electron chi connectivity index (χ1n) is 5.70. The summed E-state index contributed by atoms with van der Waals surface area (Å²) in [5.74, 6) is 1.68. The van der Waals surface area contributed by atoms with Crippen LogP contribution in [-0.4, -0.2) is 9.97 Å². The first kappa shape index (κ1) is 10.3. The highest BCUT2D eigenvalue weighted by atomic mass is 16.5. The fraction of sp³-hybridized carbons (Fsp3) is 0.286. The Morgan fingerprint density at radius 1 is 1.18 bits per heavy atom. The summed E-state index contributed by atoms with van der Waals surface area (Å²) in [4.78, 5) is 8.83. The second kappa shape index (κ2) is 3.29. The molecule has 0 amide bonds. The highest BCUT2D eigenvalue weighted by Gasteiger charge is 2.33. The van der Waals surface area contributed by atoms with Crippen molar-refractivity contribution in [1.29, 1.82) is 0 Å². The molecule has 1 aliphatic heterocycles. The van der Waals surface area contributed by atoms with Gasteiger partial charge in [-0.1, -0.05) is 12.1 Å². The van der Waals surface area contributed by atoms with Gasteiger partial charge in [0.05, 0.1) is 5.69 Å². The van der Waals surface area contributed by atoms with E-state index in [0.29, 0.717) is 0 Å². The van der Waals surface area contributed by atoms with Crippen molar-refractivity contribution in [2.24, 2.45) is 0 Å². The number of ether oxygens (including phenoxy) is 1. The summed E-state index contributed by atoms with van der Waals surface area (Å²) in [5.41, 5.74) is 2.70. The Morgan fingerprint density at radius 3 is 2.76 bits per heavy atom. The smallest absolute Gasteiger partial charge is 0.132 e. The van der Waals surface area contributed by atoms with E-state index < -0.39 is 0 Å². The Kier molecular flexibility index (Phi) is 1.99. The van der Waals surface area contributed by atoms with Gasteiger partial charge in [0, 0.05) is 17.3 Å². The second-order valence-corrected chi connectivity index (χ2v) is 4.79. The number of benzene rings is 1. The number of hydrogen-bond acceptors (Lipinski definition) is 3. The lowest BCUT2D eigenvalue weighted by Gasteiger charge is -2.33. The third-order valence-corrected chi connectivity index (χ3v) is 3.07. The van der Waals surface area contributed by atoms with Crippen LogP contribution in [0.3, 0.4) is 0 Å². The molecule has 2 heterocycles. The van der Waals surface area contributed by atoms with E-state index in [1.807, 2.05) is 51.2 Å². The molecule has 0 aliphatic carbocycles. The minimum atomic E-state index is -0.378. The molecule has 3 nitrogen and oxygen atoms in total. The Balaban J connectivity index is 2.34. The molecule has 0 unspecified atom stereocenters. The van der Waals surface area contributed by atoms with Crippen molar-refractivity contribution in [3.63, 3.8) is 0 Å². The van der Waals surface area contributed by atoms with E-state index in [1.165, 1.54) is 0 Å². The van der Waals surface area contributed by atoms with E-state index in [-0.39, 0.29) is 5.60 Å². The molecule has 86 valence electrons. The van der Waals surface area contributed by atoms with Crippen molar-refractivity contribution >= 4 is 0 Å². The maximum absolute atomic E-state index is 6.01. The van der Waals surface area contributed by atoms with Gasteiger partial charge in [0.15, 0.2) is 0 Å². The molecule has 3 rings (SSSR count). The molecule has 0 fully saturated rings. The summed E-state index contributed by atoms with van der Waals surface area (Å²) in [7, 11) is 0. The van der Waals surface area contributed by atoms with E-state index in [1.54, 1.807) is 0 Å². The zero-order valence-corrected chi connectivity index (χ0v) is 10.2. The van der Waals surface area contributed by atoms with Crippen molar-refractivity contribution in [2.45, 2.75) is 26.4 Å². The van der Waals surface area contributed by atoms with Crippen molar-refractivity contribution in [1.82, 2.24) is 9.97 Å². The van der Waals surface area contributed by atoms with Gasteiger partial charge in [-0.15, -0.1) is 0 Å². The summed E-state index contributed by atoms with van der Waals surface area (Å²) < 4.78 is 6.01. The Labute approximate surface area is 100 Å².